The van der Waals surface area contributed by atoms with Crippen molar-refractivity contribution >= 4 is 16.8 Å². The van der Waals surface area contributed by atoms with Crippen LogP contribution < -0.4 is 0 Å². The molecule has 4 nitrogen and oxygen atoms in total. The van der Waals surface area contributed by atoms with Gasteiger partial charge >= 0.3 is 6.18 Å². The van der Waals surface area contributed by atoms with Gasteiger partial charge in [-0.15, -0.1) is 0 Å². The van der Waals surface area contributed by atoms with Crippen LogP contribution in [-0.4, -0.2) is 46.9 Å². The normalized spacial score (nSPS) is 15.6. The summed E-state index contributed by atoms with van der Waals surface area (Å²) in [6, 6.07) is 14.5. The molecule has 1 aliphatic heterocycles. The van der Waals surface area contributed by atoms with E-state index in [4.69, 9.17) is 0 Å². The van der Waals surface area contributed by atoms with Gasteiger partial charge in [-0.3, -0.25) is 14.7 Å². The fraction of sp³-hybridized carbons (Fsp3) is 0.273. The molecular formula is C22H20F3N3O. The number of hydrogen-bond acceptors (Lipinski definition) is 3. The number of amides is 1. The zero-order valence-corrected chi connectivity index (χ0v) is 15.7. The number of aromatic nitrogens is 1. The van der Waals surface area contributed by atoms with E-state index in [2.05, 4.69) is 16.0 Å². The number of hydrogen-bond donors (Lipinski definition) is 0. The average molecular weight is 399 g/mol. The zero-order valence-electron chi connectivity index (χ0n) is 15.7. The van der Waals surface area contributed by atoms with Gasteiger partial charge in [0.2, 0.25) is 0 Å². The number of carbonyl (C=O) groups excluding carboxylic acids is 1. The van der Waals surface area contributed by atoms with Gasteiger partial charge in [0.05, 0.1) is 11.1 Å². The van der Waals surface area contributed by atoms with Crippen molar-refractivity contribution in [3.05, 3.63) is 77.5 Å². The average Bonchev–Trinajstić information content (AvgIpc) is 2.73. The van der Waals surface area contributed by atoms with Gasteiger partial charge in [-0.25, -0.2) is 0 Å². The van der Waals surface area contributed by atoms with Gasteiger partial charge in [-0.05, 0) is 35.9 Å². The topological polar surface area (TPSA) is 36.4 Å². The minimum Gasteiger partial charge on any atom is -0.336 e. The number of benzene rings is 2. The Hall–Kier alpha value is -2.93. The molecule has 0 unspecified atom stereocenters. The fourth-order valence-electron chi connectivity index (χ4n) is 3.63. The molecule has 3 aromatic rings. The molecule has 0 atom stereocenters. The summed E-state index contributed by atoms with van der Waals surface area (Å²) in [4.78, 5) is 21.1. The molecule has 1 saturated heterocycles. The van der Waals surface area contributed by atoms with E-state index < -0.39 is 11.7 Å². The molecular weight excluding hydrogens is 379 g/mol. The van der Waals surface area contributed by atoms with Crippen LogP contribution in [0.15, 0.2) is 60.8 Å². The van der Waals surface area contributed by atoms with E-state index in [-0.39, 0.29) is 11.5 Å². The highest BCUT2D eigenvalue weighted by Gasteiger charge is 2.30. The molecule has 0 radical (unpaired) electrons. The van der Waals surface area contributed by atoms with Crippen molar-refractivity contribution in [2.24, 2.45) is 0 Å². The number of rotatable bonds is 3. The van der Waals surface area contributed by atoms with Crippen LogP contribution in [0, 0.1) is 0 Å². The largest absolute Gasteiger partial charge is 0.416 e. The number of fused-ring (bicyclic) bond motifs is 1. The zero-order chi connectivity index (χ0) is 20.4. The van der Waals surface area contributed by atoms with Crippen molar-refractivity contribution in [1.82, 2.24) is 14.8 Å². The fourth-order valence-corrected chi connectivity index (χ4v) is 3.63. The van der Waals surface area contributed by atoms with Gasteiger partial charge in [0, 0.05) is 49.9 Å². The van der Waals surface area contributed by atoms with Crippen molar-refractivity contribution in [3.8, 4) is 0 Å². The van der Waals surface area contributed by atoms with Crippen LogP contribution in [0.2, 0.25) is 0 Å². The van der Waals surface area contributed by atoms with E-state index in [1.165, 1.54) is 12.1 Å². The Labute approximate surface area is 166 Å². The van der Waals surface area contributed by atoms with Crippen LogP contribution in [-0.2, 0) is 12.7 Å². The van der Waals surface area contributed by atoms with E-state index in [1.54, 1.807) is 11.1 Å². The summed E-state index contributed by atoms with van der Waals surface area (Å²) in [7, 11) is 0. The molecule has 0 N–H and O–H groups in total. The molecule has 0 bridgehead atoms. The van der Waals surface area contributed by atoms with E-state index in [0.29, 0.717) is 26.2 Å². The Morgan fingerprint density at radius 1 is 0.931 bits per heavy atom. The highest BCUT2D eigenvalue weighted by molar-refractivity contribution is 5.94. The molecule has 2 heterocycles. The summed E-state index contributed by atoms with van der Waals surface area (Å²) < 4.78 is 38.1. The Balaban J connectivity index is 1.38. The van der Waals surface area contributed by atoms with E-state index in [9.17, 15) is 18.0 Å². The highest BCUT2D eigenvalue weighted by Crippen LogP contribution is 2.29. The van der Waals surface area contributed by atoms with Crippen LogP contribution in [0.25, 0.3) is 10.9 Å². The predicted molar refractivity (Wildman–Crippen MR) is 104 cm³/mol. The lowest BCUT2D eigenvalue weighted by molar-refractivity contribution is -0.137. The number of carbonyl (C=O) groups is 1. The Morgan fingerprint density at radius 3 is 2.31 bits per heavy atom. The summed E-state index contributed by atoms with van der Waals surface area (Å²) in [5.74, 6) is -0.231. The van der Waals surface area contributed by atoms with Crippen molar-refractivity contribution in [3.63, 3.8) is 0 Å². The number of alkyl halides is 3. The second-order valence-corrected chi connectivity index (χ2v) is 7.14. The molecule has 0 spiro atoms. The van der Waals surface area contributed by atoms with Gasteiger partial charge in [0.1, 0.15) is 0 Å². The number of pyridine rings is 1. The van der Waals surface area contributed by atoms with Gasteiger partial charge in [0.25, 0.3) is 5.91 Å². The summed E-state index contributed by atoms with van der Waals surface area (Å²) in [5.41, 5.74) is 1.66. The van der Waals surface area contributed by atoms with Crippen LogP contribution in [0.3, 0.4) is 0 Å². The van der Waals surface area contributed by atoms with Crippen LogP contribution in [0.5, 0.6) is 0 Å². The molecule has 29 heavy (non-hydrogen) atoms. The third-order valence-electron chi connectivity index (χ3n) is 5.23. The Morgan fingerprint density at radius 2 is 1.62 bits per heavy atom. The van der Waals surface area contributed by atoms with Gasteiger partial charge in [0.15, 0.2) is 0 Å². The minimum atomic E-state index is -4.40. The maximum atomic E-state index is 12.7. The maximum Gasteiger partial charge on any atom is 0.416 e. The van der Waals surface area contributed by atoms with E-state index in [0.717, 1.165) is 35.1 Å². The standard InChI is InChI=1S/C22H20F3N3O/c23-22(24,25)19-8-6-17(7-9-19)21(29)28-13-11-27(12-14-28)15-18-4-1-3-16-5-2-10-26-20(16)18/h1-10H,11-15H2. The second kappa shape index (κ2) is 7.83. The quantitative estimate of drug-likeness (QED) is 0.662. The molecule has 1 amide bonds. The molecule has 1 aromatic heterocycles. The number of nitrogens with zero attached hydrogens (tertiary/aromatic N) is 3. The molecule has 2 aromatic carbocycles. The number of para-hydroxylation sites is 1. The van der Waals surface area contributed by atoms with Crippen molar-refractivity contribution in [1.29, 1.82) is 0 Å². The van der Waals surface area contributed by atoms with Crippen LogP contribution >= 0.6 is 0 Å². The highest BCUT2D eigenvalue weighted by atomic mass is 19.4. The third-order valence-corrected chi connectivity index (χ3v) is 5.23. The monoisotopic (exact) mass is 399 g/mol. The Bertz CT molecular complexity index is 1000. The van der Waals surface area contributed by atoms with Crippen molar-refractivity contribution < 1.29 is 18.0 Å². The summed E-state index contributed by atoms with van der Waals surface area (Å²) >= 11 is 0. The molecule has 0 saturated carbocycles. The van der Waals surface area contributed by atoms with Crippen molar-refractivity contribution in [2.45, 2.75) is 12.7 Å². The molecule has 150 valence electrons. The SMILES string of the molecule is O=C(c1ccc(C(F)(F)F)cc1)N1CCN(Cc2cccc3cccnc23)CC1. The first-order valence-electron chi connectivity index (χ1n) is 9.43. The second-order valence-electron chi connectivity index (χ2n) is 7.14. The lowest BCUT2D eigenvalue weighted by atomic mass is 10.1. The summed E-state index contributed by atoms with van der Waals surface area (Å²) in [5, 5.41) is 1.10. The summed E-state index contributed by atoms with van der Waals surface area (Å²) in [6.07, 6.45) is -2.61. The van der Waals surface area contributed by atoms with Crippen LogP contribution in [0.1, 0.15) is 21.5 Å². The molecule has 4 rings (SSSR count). The third kappa shape index (κ3) is 4.24. The summed E-state index contributed by atoms with van der Waals surface area (Å²) in [6.45, 7) is 3.23. The first-order valence-corrected chi connectivity index (χ1v) is 9.43. The minimum absolute atomic E-state index is 0.231. The first kappa shape index (κ1) is 19.4. The molecule has 1 aliphatic rings. The lowest BCUT2D eigenvalue weighted by Crippen LogP contribution is -2.48. The first-order chi connectivity index (χ1) is 13.9. The maximum absolute atomic E-state index is 12.7. The molecule has 1 fully saturated rings. The van der Waals surface area contributed by atoms with Gasteiger partial charge < -0.3 is 4.90 Å². The molecule has 7 heteroatoms. The molecule has 0 aliphatic carbocycles. The smallest absolute Gasteiger partial charge is 0.336 e. The number of piperazine rings is 1. The van der Waals surface area contributed by atoms with Crippen molar-refractivity contribution in [2.75, 3.05) is 26.2 Å². The predicted octanol–water partition coefficient (Wildman–Crippen LogP) is 4.21. The Kier molecular flexibility index (Phi) is 5.24. The lowest BCUT2D eigenvalue weighted by Gasteiger charge is -2.35. The van der Waals surface area contributed by atoms with Gasteiger partial charge in [-0.1, -0.05) is 24.3 Å². The van der Waals surface area contributed by atoms with Crippen LogP contribution in [0.4, 0.5) is 13.2 Å². The van der Waals surface area contributed by atoms with E-state index >= 15 is 0 Å². The van der Waals surface area contributed by atoms with Gasteiger partial charge in [-0.2, -0.15) is 13.2 Å². The van der Waals surface area contributed by atoms with E-state index in [1.807, 2.05) is 24.3 Å². The number of halogens is 3.